The number of nitrogens with one attached hydrogen (secondary N) is 1. The predicted molar refractivity (Wildman–Crippen MR) is 179 cm³/mol. The van der Waals surface area contributed by atoms with Gasteiger partial charge in [-0.05, 0) is 90.3 Å². The van der Waals surface area contributed by atoms with E-state index in [0.29, 0.717) is 30.7 Å². The molecule has 1 aliphatic carbocycles. The van der Waals surface area contributed by atoms with E-state index in [1.54, 1.807) is 18.0 Å². The van der Waals surface area contributed by atoms with Crippen LogP contribution < -0.4 is 9.46 Å². The second-order valence-corrected chi connectivity index (χ2v) is 14.9. The van der Waals surface area contributed by atoms with Crippen LogP contribution in [0.3, 0.4) is 0 Å². The molecule has 4 aromatic rings. The van der Waals surface area contributed by atoms with Gasteiger partial charge in [0.1, 0.15) is 5.75 Å². The van der Waals surface area contributed by atoms with E-state index in [0.717, 1.165) is 82.2 Å². The Bertz CT molecular complexity index is 1950. The summed E-state index contributed by atoms with van der Waals surface area (Å²) in [5.74, 6) is 1.41. The Hall–Kier alpha value is -4.07. The summed E-state index contributed by atoms with van der Waals surface area (Å²) >= 11 is 0. The highest BCUT2D eigenvalue weighted by Gasteiger charge is 2.31. The molecular weight excluding hydrogens is 618 g/mol. The van der Waals surface area contributed by atoms with Crippen molar-refractivity contribution in [3.8, 4) is 17.0 Å². The number of nitrogens with zero attached hydrogens (tertiary/aromatic N) is 6. The van der Waals surface area contributed by atoms with Gasteiger partial charge in [-0.25, -0.2) is 4.72 Å². The number of amides is 1. The van der Waals surface area contributed by atoms with Crippen LogP contribution in [0.25, 0.3) is 33.8 Å². The van der Waals surface area contributed by atoms with E-state index in [9.17, 15) is 13.2 Å². The number of methoxy groups -OCH3 is 1. The van der Waals surface area contributed by atoms with Crippen molar-refractivity contribution in [2.75, 3.05) is 34.4 Å². The maximum absolute atomic E-state index is 13.3. The summed E-state index contributed by atoms with van der Waals surface area (Å²) in [5, 5.41) is 14.9. The lowest BCUT2D eigenvalue weighted by Gasteiger charge is -2.24. The van der Waals surface area contributed by atoms with Crippen molar-refractivity contribution in [1.29, 1.82) is 0 Å². The molecule has 12 nitrogen and oxygen atoms in total. The quantitative estimate of drug-likeness (QED) is 0.283. The largest absolute Gasteiger partial charge is 0.497 e. The van der Waals surface area contributed by atoms with Gasteiger partial charge in [0, 0.05) is 54.9 Å². The zero-order valence-electron chi connectivity index (χ0n) is 27.1. The van der Waals surface area contributed by atoms with Gasteiger partial charge in [-0.3, -0.25) is 4.79 Å². The summed E-state index contributed by atoms with van der Waals surface area (Å²) in [6, 6.07) is 11.7. The third-order valence-corrected chi connectivity index (χ3v) is 11.2. The minimum Gasteiger partial charge on any atom is -0.497 e. The van der Waals surface area contributed by atoms with E-state index in [1.807, 2.05) is 24.3 Å². The van der Waals surface area contributed by atoms with Gasteiger partial charge >= 0.3 is 10.2 Å². The van der Waals surface area contributed by atoms with Gasteiger partial charge in [0.05, 0.1) is 25.9 Å². The van der Waals surface area contributed by atoms with Gasteiger partial charge in [0.25, 0.3) is 5.91 Å². The number of hydrogen-bond donors (Lipinski definition) is 1. The first-order valence-corrected chi connectivity index (χ1v) is 17.8. The lowest BCUT2D eigenvalue weighted by Crippen LogP contribution is -2.39. The summed E-state index contributed by atoms with van der Waals surface area (Å²) in [6.45, 7) is 2.64. The van der Waals surface area contributed by atoms with Crippen LogP contribution in [0.2, 0.25) is 0 Å². The highest BCUT2D eigenvalue weighted by atomic mass is 32.2. The van der Waals surface area contributed by atoms with Crippen LogP contribution in [0.4, 0.5) is 0 Å². The highest BCUT2D eigenvalue weighted by Crippen LogP contribution is 2.47. The molecule has 0 spiro atoms. The summed E-state index contributed by atoms with van der Waals surface area (Å²) in [6.07, 6.45) is 9.80. The summed E-state index contributed by atoms with van der Waals surface area (Å²) < 4.78 is 41.7. The van der Waals surface area contributed by atoms with Crippen molar-refractivity contribution in [2.24, 2.45) is 5.92 Å². The van der Waals surface area contributed by atoms with Crippen LogP contribution in [0.1, 0.15) is 78.2 Å². The number of tetrazole rings is 1. The Morgan fingerprint density at radius 3 is 2.60 bits per heavy atom. The second kappa shape index (κ2) is 12.9. The van der Waals surface area contributed by atoms with Gasteiger partial charge in [0.15, 0.2) is 0 Å². The highest BCUT2D eigenvalue weighted by molar-refractivity contribution is 7.87. The molecule has 7 rings (SSSR count). The number of carbonyl (C=O) groups excluding carboxylic acids is 1. The smallest absolute Gasteiger partial charge is 0.303 e. The van der Waals surface area contributed by atoms with Crippen molar-refractivity contribution >= 4 is 38.7 Å². The van der Waals surface area contributed by atoms with Gasteiger partial charge in [-0.2, -0.15) is 17.5 Å². The Kier molecular flexibility index (Phi) is 8.62. The fourth-order valence-corrected chi connectivity index (χ4v) is 7.73. The molecule has 1 saturated heterocycles. The maximum Gasteiger partial charge on any atom is 0.303 e. The van der Waals surface area contributed by atoms with Crippen molar-refractivity contribution in [1.82, 2.24) is 33.8 Å². The van der Waals surface area contributed by atoms with Crippen molar-refractivity contribution in [2.45, 2.75) is 64.0 Å². The number of fused-ring (bicyclic) bond motifs is 5. The first-order valence-electron chi connectivity index (χ1n) is 16.4. The number of ether oxygens (including phenoxy) is 2. The number of allylic oxidation sites excluding steroid dienone is 1. The SMILES string of the molecule is COc1ccc2c(c1)C=C(c1nnn(CC3CCOCC3)n1)Cn1c-2c(C2CCCCC2)c2ccc(C(=O)NS(=O)(=O)N(C)C)cc21. The van der Waals surface area contributed by atoms with Crippen LogP contribution in [-0.4, -0.2) is 77.8 Å². The van der Waals surface area contributed by atoms with E-state index in [2.05, 4.69) is 31.7 Å². The molecule has 0 atom stereocenters. The van der Waals surface area contributed by atoms with E-state index >= 15 is 0 Å². The van der Waals surface area contributed by atoms with Gasteiger partial charge in [-0.1, -0.05) is 25.3 Å². The molecule has 2 aromatic heterocycles. The fourth-order valence-electron chi connectivity index (χ4n) is 7.19. The fraction of sp³-hybridized carbons (Fsp3) is 0.471. The predicted octanol–water partition coefficient (Wildman–Crippen LogP) is 4.87. The zero-order valence-corrected chi connectivity index (χ0v) is 27.9. The number of rotatable bonds is 8. The first kappa shape index (κ1) is 31.5. The minimum absolute atomic E-state index is 0.267. The number of hydrogen-bond acceptors (Lipinski definition) is 8. The van der Waals surface area contributed by atoms with Crippen LogP contribution >= 0.6 is 0 Å². The molecule has 2 aliphatic heterocycles. The summed E-state index contributed by atoms with van der Waals surface area (Å²) in [7, 11) is 0.476. The van der Waals surface area contributed by atoms with Crippen LogP contribution in [0.5, 0.6) is 5.75 Å². The van der Waals surface area contributed by atoms with Crippen molar-refractivity contribution in [3.05, 3.63) is 58.9 Å². The number of carbonyl (C=O) groups is 1. The van der Waals surface area contributed by atoms with Gasteiger partial charge in [-0.15, -0.1) is 10.2 Å². The van der Waals surface area contributed by atoms with Crippen LogP contribution in [0, 0.1) is 5.92 Å². The molecule has 0 radical (unpaired) electrons. The van der Waals surface area contributed by atoms with E-state index < -0.39 is 16.1 Å². The molecule has 1 amide bonds. The molecule has 3 aliphatic rings. The molecule has 0 bridgehead atoms. The van der Waals surface area contributed by atoms with E-state index in [4.69, 9.17) is 14.6 Å². The number of aromatic nitrogens is 5. The van der Waals surface area contributed by atoms with Crippen molar-refractivity contribution < 1.29 is 22.7 Å². The van der Waals surface area contributed by atoms with Gasteiger partial charge < -0.3 is 14.0 Å². The topological polar surface area (TPSA) is 133 Å². The van der Waals surface area contributed by atoms with Crippen LogP contribution in [0.15, 0.2) is 36.4 Å². The lowest BCUT2D eigenvalue weighted by atomic mass is 9.81. The number of benzene rings is 2. The molecule has 4 heterocycles. The third-order valence-electron chi connectivity index (χ3n) is 9.76. The normalized spacial score (nSPS) is 17.7. The Balaban J connectivity index is 1.38. The molecule has 13 heteroatoms. The van der Waals surface area contributed by atoms with Crippen LogP contribution in [-0.2, 0) is 28.0 Å². The monoisotopic (exact) mass is 659 g/mol. The molecule has 248 valence electrons. The Morgan fingerprint density at radius 1 is 1.06 bits per heavy atom. The molecule has 47 heavy (non-hydrogen) atoms. The van der Waals surface area contributed by atoms with E-state index in [-0.39, 0.29) is 5.56 Å². The standard InChI is InChI=1S/C34H41N7O5S/c1-39(2)47(43,44)37-34(42)24-9-11-29-30(19-24)40-21-26(33-35-38-41(36-33)20-22-13-15-46-16-14-22)17-25-18-27(45-3)10-12-28(25)32(40)31(29)23-7-5-4-6-8-23/h9-12,17-19,22-23H,4-8,13-16,20-21H2,1-3H3,(H,37,42). The average Bonchev–Trinajstić information content (AvgIpc) is 3.62. The maximum atomic E-state index is 13.3. The summed E-state index contributed by atoms with van der Waals surface area (Å²) in [4.78, 5) is 15.0. The zero-order chi connectivity index (χ0) is 32.7. The van der Waals surface area contributed by atoms with Gasteiger partial charge in [0.2, 0.25) is 5.82 Å². The first-order chi connectivity index (χ1) is 22.7. The molecule has 0 unspecified atom stereocenters. The second-order valence-electron chi connectivity index (χ2n) is 13.0. The lowest BCUT2D eigenvalue weighted by molar-refractivity contribution is 0.0585. The minimum atomic E-state index is -3.96. The third kappa shape index (κ3) is 6.19. The molecule has 1 N–H and O–H groups in total. The Labute approximate surface area is 274 Å². The van der Waals surface area contributed by atoms with Crippen molar-refractivity contribution in [3.63, 3.8) is 0 Å². The Morgan fingerprint density at radius 2 is 1.85 bits per heavy atom. The molecule has 2 fully saturated rings. The molecule has 1 saturated carbocycles. The summed E-state index contributed by atoms with van der Waals surface area (Å²) in [5.41, 5.74) is 6.44. The van der Waals surface area contributed by atoms with E-state index in [1.165, 1.54) is 38.9 Å². The molecule has 2 aromatic carbocycles. The average molecular weight is 660 g/mol. The molecular formula is C34H41N7O5S.